The summed E-state index contributed by atoms with van der Waals surface area (Å²) >= 11 is 0. The van der Waals surface area contributed by atoms with Crippen LogP contribution in [-0.4, -0.2) is 45.8 Å². The summed E-state index contributed by atoms with van der Waals surface area (Å²) < 4.78 is 27.7. The smallest absolute Gasteiger partial charge is 0.410 e. The zero-order chi connectivity index (χ0) is 27.9. The maximum absolute atomic E-state index is 14.4. The van der Waals surface area contributed by atoms with Crippen molar-refractivity contribution in [2.45, 2.75) is 52.7 Å². The summed E-state index contributed by atoms with van der Waals surface area (Å²) in [6.07, 6.45) is 4.18. The molecule has 1 amide bonds. The fraction of sp³-hybridized carbons (Fsp3) is 0.312. The van der Waals surface area contributed by atoms with Gasteiger partial charge in [0.2, 0.25) is 0 Å². The number of hydrogen-bond acceptors (Lipinski definition) is 4. The van der Waals surface area contributed by atoms with Crippen LogP contribution in [0.15, 0.2) is 66.9 Å². The molecule has 0 spiro atoms. The highest BCUT2D eigenvalue weighted by atomic mass is 19.1. The first-order valence-corrected chi connectivity index (χ1v) is 13.2. The summed E-state index contributed by atoms with van der Waals surface area (Å²) in [4.78, 5) is 19.4. The first-order valence-electron chi connectivity index (χ1n) is 13.2. The van der Waals surface area contributed by atoms with Crippen LogP contribution < -0.4 is 4.74 Å². The van der Waals surface area contributed by atoms with Gasteiger partial charge in [-0.15, -0.1) is 0 Å². The third-order valence-corrected chi connectivity index (χ3v) is 6.99. The van der Waals surface area contributed by atoms with Crippen molar-refractivity contribution in [2.75, 3.05) is 13.7 Å². The lowest BCUT2D eigenvalue weighted by molar-refractivity contribution is 0.0198. The predicted octanol–water partition coefficient (Wildman–Crippen LogP) is 7.56. The van der Waals surface area contributed by atoms with E-state index in [0.29, 0.717) is 24.3 Å². The van der Waals surface area contributed by atoms with Crippen molar-refractivity contribution in [3.63, 3.8) is 0 Å². The minimum absolute atomic E-state index is 0.0555. The number of ether oxygens (including phenoxy) is 2. The number of carbonyl (C=O) groups is 1. The largest absolute Gasteiger partial charge is 0.496 e. The molecule has 1 aliphatic rings. The normalized spacial score (nSPS) is 15.8. The van der Waals surface area contributed by atoms with E-state index in [1.54, 1.807) is 24.3 Å². The Morgan fingerprint density at radius 1 is 1.05 bits per heavy atom. The van der Waals surface area contributed by atoms with Crippen molar-refractivity contribution in [3.05, 3.63) is 83.9 Å². The van der Waals surface area contributed by atoms with Gasteiger partial charge in [0.15, 0.2) is 0 Å². The Kier molecular flexibility index (Phi) is 6.93. The summed E-state index contributed by atoms with van der Waals surface area (Å²) in [6.45, 7) is 10.2. The molecule has 6 nitrogen and oxygen atoms in total. The van der Waals surface area contributed by atoms with E-state index >= 15 is 0 Å². The molecule has 2 aromatic carbocycles. The van der Waals surface area contributed by atoms with Gasteiger partial charge in [-0.2, -0.15) is 0 Å². The number of benzene rings is 2. The van der Waals surface area contributed by atoms with E-state index in [1.165, 1.54) is 12.1 Å². The molecule has 0 N–H and O–H groups in total. The van der Waals surface area contributed by atoms with Crippen LogP contribution in [0.1, 0.15) is 45.4 Å². The highest BCUT2D eigenvalue weighted by Crippen LogP contribution is 2.39. The number of nitrogens with zero attached hydrogens (tertiary/aromatic N) is 3. The van der Waals surface area contributed by atoms with Crippen LogP contribution in [0.3, 0.4) is 0 Å². The summed E-state index contributed by atoms with van der Waals surface area (Å²) in [5.74, 6) is 0.257. The summed E-state index contributed by atoms with van der Waals surface area (Å²) in [5, 5.41) is 0.889. The maximum Gasteiger partial charge on any atom is 0.410 e. The third kappa shape index (κ3) is 5.26. The number of aromatic nitrogens is 2. The van der Waals surface area contributed by atoms with Gasteiger partial charge in [0.05, 0.1) is 12.8 Å². The molecule has 0 saturated heterocycles. The van der Waals surface area contributed by atoms with Gasteiger partial charge in [-0.05, 0) is 94.6 Å². The Bertz CT molecular complexity index is 1560. The van der Waals surface area contributed by atoms with E-state index in [4.69, 9.17) is 14.5 Å². The molecule has 0 radical (unpaired) electrons. The van der Waals surface area contributed by atoms with Crippen LogP contribution in [0.25, 0.3) is 33.4 Å². The standard InChI is InChI=1S/C32H34FN3O3/c1-20-7-10-24(11-8-20)36-28(22-14-16-35(21(2)17-22)31(37)39-32(3,4)5)19-27-25(13-15-34-30(27)36)26-18-23(33)9-12-29(26)38-6/h7-15,18-19,21H,16-17H2,1-6H3. The van der Waals surface area contributed by atoms with Gasteiger partial charge in [0.25, 0.3) is 0 Å². The van der Waals surface area contributed by atoms with Crippen LogP contribution in [0.4, 0.5) is 9.18 Å². The molecule has 2 aromatic heterocycles. The summed E-state index contributed by atoms with van der Waals surface area (Å²) in [7, 11) is 1.59. The molecule has 3 heterocycles. The molecule has 39 heavy (non-hydrogen) atoms. The average Bonchev–Trinajstić information content (AvgIpc) is 3.28. The molecule has 7 heteroatoms. The van der Waals surface area contributed by atoms with Crippen LogP contribution >= 0.6 is 0 Å². The Balaban J connectivity index is 1.67. The minimum atomic E-state index is -0.557. The van der Waals surface area contributed by atoms with Gasteiger partial charge >= 0.3 is 6.09 Å². The second kappa shape index (κ2) is 10.2. The fourth-order valence-electron chi connectivity index (χ4n) is 5.10. The molecular formula is C32H34FN3O3. The predicted molar refractivity (Wildman–Crippen MR) is 153 cm³/mol. The van der Waals surface area contributed by atoms with Crippen LogP contribution in [0.5, 0.6) is 5.75 Å². The first-order chi connectivity index (χ1) is 18.6. The number of halogens is 1. The highest BCUT2D eigenvalue weighted by Gasteiger charge is 2.30. The van der Waals surface area contributed by atoms with Crippen LogP contribution in [0, 0.1) is 12.7 Å². The quantitative estimate of drug-likeness (QED) is 0.275. The van der Waals surface area contributed by atoms with E-state index in [9.17, 15) is 9.18 Å². The molecule has 1 aliphatic heterocycles. The van der Waals surface area contributed by atoms with Gasteiger partial charge in [-0.1, -0.05) is 23.8 Å². The molecule has 0 fully saturated rings. The number of rotatable bonds is 4. The molecule has 5 rings (SSSR count). The Morgan fingerprint density at radius 2 is 1.79 bits per heavy atom. The van der Waals surface area contributed by atoms with Crippen molar-refractivity contribution in [3.8, 4) is 22.6 Å². The van der Waals surface area contributed by atoms with Gasteiger partial charge in [-0.3, -0.25) is 4.57 Å². The number of carbonyl (C=O) groups excluding carboxylic acids is 1. The molecule has 1 unspecified atom stereocenters. The van der Waals surface area contributed by atoms with Crippen molar-refractivity contribution in [2.24, 2.45) is 0 Å². The molecular weight excluding hydrogens is 493 g/mol. The molecule has 0 aliphatic carbocycles. The number of pyridine rings is 1. The van der Waals surface area contributed by atoms with Crippen LogP contribution in [0.2, 0.25) is 0 Å². The van der Waals surface area contributed by atoms with Crippen LogP contribution in [-0.2, 0) is 4.74 Å². The lowest BCUT2D eigenvalue weighted by atomic mass is 9.97. The van der Waals surface area contributed by atoms with Gasteiger partial charge in [0, 0.05) is 35.4 Å². The molecule has 0 saturated carbocycles. The van der Waals surface area contributed by atoms with Crippen molar-refractivity contribution >= 4 is 22.7 Å². The summed E-state index contributed by atoms with van der Waals surface area (Å²) in [5.41, 5.74) is 5.94. The average molecular weight is 528 g/mol. The van der Waals surface area contributed by atoms with Crippen molar-refractivity contribution in [1.82, 2.24) is 14.5 Å². The van der Waals surface area contributed by atoms with E-state index in [-0.39, 0.29) is 18.0 Å². The van der Waals surface area contributed by atoms with E-state index in [0.717, 1.165) is 39.1 Å². The highest BCUT2D eigenvalue weighted by molar-refractivity contribution is 5.98. The van der Waals surface area contributed by atoms with Gasteiger partial charge in [0.1, 0.15) is 22.8 Å². The minimum Gasteiger partial charge on any atom is -0.496 e. The molecule has 202 valence electrons. The van der Waals surface area contributed by atoms with E-state index in [2.05, 4.69) is 47.9 Å². The number of fused-ring (bicyclic) bond motifs is 1. The van der Waals surface area contributed by atoms with Crippen molar-refractivity contribution in [1.29, 1.82) is 0 Å². The Morgan fingerprint density at radius 3 is 2.46 bits per heavy atom. The number of aryl methyl sites for hydroxylation is 1. The third-order valence-electron chi connectivity index (χ3n) is 6.99. The second-order valence-corrected chi connectivity index (χ2v) is 11.1. The van der Waals surface area contributed by atoms with E-state index < -0.39 is 5.60 Å². The molecule has 4 aromatic rings. The number of amides is 1. The number of hydrogen-bond donors (Lipinski definition) is 0. The van der Waals surface area contributed by atoms with Gasteiger partial charge in [-0.25, -0.2) is 14.2 Å². The Labute approximate surface area is 228 Å². The molecule has 1 atom stereocenters. The molecule has 0 bridgehead atoms. The zero-order valence-corrected chi connectivity index (χ0v) is 23.3. The number of methoxy groups -OCH3 is 1. The Hall–Kier alpha value is -4.13. The monoisotopic (exact) mass is 527 g/mol. The first kappa shape index (κ1) is 26.5. The fourth-order valence-corrected chi connectivity index (χ4v) is 5.10. The van der Waals surface area contributed by atoms with Gasteiger partial charge < -0.3 is 14.4 Å². The lowest BCUT2D eigenvalue weighted by Gasteiger charge is -2.34. The topological polar surface area (TPSA) is 56.6 Å². The maximum atomic E-state index is 14.4. The SMILES string of the molecule is COc1ccc(F)cc1-c1ccnc2c1cc(C1=CCN(C(=O)OC(C)(C)C)C(C)C1)n2-c1ccc(C)cc1. The summed E-state index contributed by atoms with van der Waals surface area (Å²) in [6, 6.07) is 16.8. The lowest BCUT2D eigenvalue weighted by Crippen LogP contribution is -2.44. The second-order valence-electron chi connectivity index (χ2n) is 11.1. The van der Waals surface area contributed by atoms with Crippen molar-refractivity contribution < 1.29 is 18.7 Å². The van der Waals surface area contributed by atoms with E-state index in [1.807, 2.05) is 33.8 Å². The zero-order valence-electron chi connectivity index (χ0n) is 23.3.